The van der Waals surface area contributed by atoms with E-state index in [1.54, 1.807) is 12.4 Å². The predicted molar refractivity (Wildman–Crippen MR) is 76.5 cm³/mol. The van der Waals surface area contributed by atoms with Crippen LogP contribution in [-0.4, -0.2) is 4.98 Å². The van der Waals surface area contributed by atoms with Crippen molar-refractivity contribution in [3.63, 3.8) is 0 Å². The van der Waals surface area contributed by atoms with Crippen molar-refractivity contribution in [2.45, 2.75) is 26.3 Å². The smallest absolute Gasteiger partial charge is 0.0550 e. The summed E-state index contributed by atoms with van der Waals surface area (Å²) in [7, 11) is 0. The van der Waals surface area contributed by atoms with Crippen molar-refractivity contribution in [1.29, 1.82) is 0 Å². The number of nitrogens with two attached hydrogens (primary N) is 1. The fraction of sp³-hybridized carbons (Fsp3) is 0.267. The summed E-state index contributed by atoms with van der Waals surface area (Å²) in [6.45, 7) is 5.18. The minimum atomic E-state index is 0.574. The molecule has 0 bridgehead atoms. The van der Waals surface area contributed by atoms with Gasteiger partial charge in [0.2, 0.25) is 0 Å². The van der Waals surface area contributed by atoms with E-state index < -0.39 is 0 Å². The second-order valence-corrected chi connectivity index (χ2v) is 4.76. The third-order valence-electron chi connectivity index (χ3n) is 2.90. The minimum Gasteiger partial charge on any atom is -0.397 e. The van der Waals surface area contributed by atoms with Crippen LogP contribution in [0.25, 0.3) is 0 Å². The molecule has 1 aromatic carbocycles. The SMILES string of the molecule is CC(C)c1ccc(CNc2cncc(N)c2)cc1. The zero-order chi connectivity index (χ0) is 13.0. The number of benzene rings is 1. The summed E-state index contributed by atoms with van der Waals surface area (Å²) in [5.74, 6) is 0.574. The molecule has 0 aliphatic heterocycles. The highest BCUT2D eigenvalue weighted by Crippen LogP contribution is 2.16. The highest BCUT2D eigenvalue weighted by Gasteiger charge is 1.99. The molecule has 0 unspecified atom stereocenters. The Hall–Kier alpha value is -2.03. The number of nitrogens with one attached hydrogen (secondary N) is 1. The molecule has 0 aliphatic rings. The molecule has 0 spiro atoms. The molecule has 3 nitrogen and oxygen atoms in total. The summed E-state index contributed by atoms with van der Waals surface area (Å²) in [4.78, 5) is 4.05. The molecular formula is C15H19N3. The number of hydrogen-bond acceptors (Lipinski definition) is 3. The lowest BCUT2D eigenvalue weighted by molar-refractivity contribution is 0.865. The Morgan fingerprint density at radius 3 is 2.50 bits per heavy atom. The average molecular weight is 241 g/mol. The quantitative estimate of drug-likeness (QED) is 0.862. The van der Waals surface area contributed by atoms with Crippen molar-refractivity contribution in [3.8, 4) is 0 Å². The fourth-order valence-electron chi connectivity index (χ4n) is 1.78. The number of rotatable bonds is 4. The van der Waals surface area contributed by atoms with Crippen molar-refractivity contribution in [1.82, 2.24) is 4.98 Å². The van der Waals surface area contributed by atoms with Crippen molar-refractivity contribution in [3.05, 3.63) is 53.9 Å². The molecule has 0 saturated heterocycles. The van der Waals surface area contributed by atoms with E-state index in [1.165, 1.54) is 11.1 Å². The van der Waals surface area contributed by atoms with Gasteiger partial charge in [-0.3, -0.25) is 4.98 Å². The molecule has 3 N–H and O–H groups in total. The van der Waals surface area contributed by atoms with Gasteiger partial charge in [-0.1, -0.05) is 38.1 Å². The first-order chi connectivity index (χ1) is 8.65. The summed E-state index contributed by atoms with van der Waals surface area (Å²) in [5.41, 5.74) is 9.92. The largest absolute Gasteiger partial charge is 0.397 e. The molecule has 0 fully saturated rings. The van der Waals surface area contributed by atoms with Crippen molar-refractivity contribution in [2.75, 3.05) is 11.1 Å². The Balaban J connectivity index is 1.98. The Bertz CT molecular complexity index is 503. The van der Waals surface area contributed by atoms with Crippen LogP contribution < -0.4 is 11.1 Å². The minimum absolute atomic E-state index is 0.574. The highest BCUT2D eigenvalue weighted by molar-refractivity contribution is 5.51. The number of pyridine rings is 1. The number of aromatic nitrogens is 1. The number of nitrogens with zero attached hydrogens (tertiary/aromatic N) is 1. The second-order valence-electron chi connectivity index (χ2n) is 4.76. The molecule has 0 amide bonds. The lowest BCUT2D eigenvalue weighted by Crippen LogP contribution is -2.01. The summed E-state index contributed by atoms with van der Waals surface area (Å²) in [6.07, 6.45) is 3.42. The van der Waals surface area contributed by atoms with Gasteiger partial charge >= 0.3 is 0 Å². The van der Waals surface area contributed by atoms with Gasteiger partial charge in [0.15, 0.2) is 0 Å². The van der Waals surface area contributed by atoms with E-state index >= 15 is 0 Å². The van der Waals surface area contributed by atoms with Crippen molar-refractivity contribution < 1.29 is 0 Å². The first kappa shape index (κ1) is 12.4. The lowest BCUT2D eigenvalue weighted by atomic mass is 10.0. The van der Waals surface area contributed by atoms with Crippen molar-refractivity contribution in [2.24, 2.45) is 0 Å². The Kier molecular flexibility index (Phi) is 3.82. The van der Waals surface area contributed by atoms with Gasteiger partial charge in [-0.2, -0.15) is 0 Å². The topological polar surface area (TPSA) is 50.9 Å². The monoisotopic (exact) mass is 241 g/mol. The van der Waals surface area contributed by atoms with Gasteiger partial charge in [0.05, 0.1) is 17.6 Å². The molecule has 0 radical (unpaired) electrons. The molecule has 0 aliphatic carbocycles. The van der Waals surface area contributed by atoms with Crippen LogP contribution >= 0.6 is 0 Å². The lowest BCUT2D eigenvalue weighted by Gasteiger charge is -2.09. The van der Waals surface area contributed by atoms with Crippen LogP contribution in [0.15, 0.2) is 42.7 Å². The Morgan fingerprint density at radius 2 is 1.89 bits per heavy atom. The summed E-state index contributed by atoms with van der Waals surface area (Å²) in [5, 5.41) is 3.31. The van der Waals surface area contributed by atoms with Gasteiger partial charge in [-0.05, 0) is 23.1 Å². The van der Waals surface area contributed by atoms with E-state index in [9.17, 15) is 0 Å². The van der Waals surface area contributed by atoms with Gasteiger partial charge in [0.1, 0.15) is 0 Å². The maximum Gasteiger partial charge on any atom is 0.0550 e. The van der Waals surface area contributed by atoms with Crippen LogP contribution in [-0.2, 0) is 6.54 Å². The number of hydrogen-bond donors (Lipinski definition) is 2. The first-order valence-corrected chi connectivity index (χ1v) is 6.18. The van der Waals surface area contributed by atoms with Crippen LogP contribution in [0.5, 0.6) is 0 Å². The van der Waals surface area contributed by atoms with E-state index in [2.05, 4.69) is 48.4 Å². The van der Waals surface area contributed by atoms with Gasteiger partial charge < -0.3 is 11.1 Å². The Labute approximate surface area is 108 Å². The van der Waals surface area contributed by atoms with Crippen molar-refractivity contribution >= 4 is 11.4 Å². The van der Waals surface area contributed by atoms with Gasteiger partial charge in [0.25, 0.3) is 0 Å². The van der Waals surface area contributed by atoms with E-state index in [1.807, 2.05) is 6.07 Å². The van der Waals surface area contributed by atoms with E-state index in [0.29, 0.717) is 11.6 Å². The maximum absolute atomic E-state index is 5.68. The average Bonchev–Trinajstić information content (AvgIpc) is 2.37. The molecular weight excluding hydrogens is 222 g/mol. The third kappa shape index (κ3) is 3.23. The molecule has 1 aromatic heterocycles. The molecule has 0 saturated carbocycles. The first-order valence-electron chi connectivity index (χ1n) is 6.18. The van der Waals surface area contributed by atoms with Gasteiger partial charge in [-0.25, -0.2) is 0 Å². The van der Waals surface area contributed by atoms with Crippen LogP contribution in [0.2, 0.25) is 0 Å². The molecule has 3 heteroatoms. The molecule has 0 atom stereocenters. The summed E-state index contributed by atoms with van der Waals surface area (Å²) >= 11 is 0. The van der Waals surface area contributed by atoms with Crippen LogP contribution in [0.1, 0.15) is 30.9 Å². The predicted octanol–water partition coefficient (Wildman–Crippen LogP) is 3.40. The number of anilines is 2. The van der Waals surface area contributed by atoms with E-state index in [0.717, 1.165) is 12.2 Å². The molecule has 94 valence electrons. The fourth-order valence-corrected chi connectivity index (χ4v) is 1.78. The zero-order valence-corrected chi connectivity index (χ0v) is 10.9. The molecule has 2 rings (SSSR count). The normalized spacial score (nSPS) is 10.6. The van der Waals surface area contributed by atoms with Crippen LogP contribution in [0, 0.1) is 0 Å². The van der Waals surface area contributed by atoms with Crippen LogP contribution in [0.3, 0.4) is 0 Å². The molecule has 18 heavy (non-hydrogen) atoms. The standard InChI is InChI=1S/C15H19N3/c1-11(2)13-5-3-12(4-6-13)8-18-15-7-14(16)9-17-10-15/h3-7,9-11,18H,8,16H2,1-2H3. The molecule has 1 heterocycles. The van der Waals surface area contributed by atoms with Gasteiger partial charge in [-0.15, -0.1) is 0 Å². The third-order valence-corrected chi connectivity index (χ3v) is 2.90. The Morgan fingerprint density at radius 1 is 1.17 bits per heavy atom. The van der Waals surface area contributed by atoms with Gasteiger partial charge in [0, 0.05) is 12.7 Å². The summed E-state index contributed by atoms with van der Waals surface area (Å²) < 4.78 is 0. The highest BCUT2D eigenvalue weighted by atomic mass is 14.9. The molecule has 2 aromatic rings. The number of nitrogen functional groups attached to an aromatic ring is 1. The zero-order valence-electron chi connectivity index (χ0n) is 10.9. The summed E-state index contributed by atoms with van der Waals surface area (Å²) in [6, 6.07) is 10.6. The second kappa shape index (κ2) is 5.54. The van der Waals surface area contributed by atoms with Crippen LogP contribution in [0.4, 0.5) is 11.4 Å². The van der Waals surface area contributed by atoms with E-state index in [4.69, 9.17) is 5.73 Å². The van der Waals surface area contributed by atoms with E-state index in [-0.39, 0.29) is 0 Å². The maximum atomic E-state index is 5.68.